The minimum Gasteiger partial charge on any atom is -0.469 e. The average Bonchev–Trinajstić information content (AvgIpc) is 2.78. The summed E-state index contributed by atoms with van der Waals surface area (Å²) in [5, 5.41) is 0.713. The van der Waals surface area contributed by atoms with Crippen LogP contribution in [-0.4, -0.2) is 17.6 Å². The molecule has 0 spiro atoms. The number of hydrogen-bond acceptors (Lipinski definition) is 2. The average molecular weight is 278 g/mol. The van der Waals surface area contributed by atoms with Crippen molar-refractivity contribution in [3.8, 4) is 5.69 Å². The summed E-state index contributed by atoms with van der Waals surface area (Å²) < 4.78 is 6.80. The summed E-state index contributed by atoms with van der Waals surface area (Å²) in [7, 11) is 1.41. The van der Waals surface area contributed by atoms with E-state index in [1.54, 1.807) is 0 Å². The molecular weight excluding hydrogens is 262 g/mol. The fraction of sp³-hybridized carbons (Fsp3) is 0.267. The van der Waals surface area contributed by atoms with E-state index in [9.17, 15) is 4.79 Å². The molecule has 4 heteroatoms. The number of ether oxygens (including phenoxy) is 1. The molecule has 0 bridgehead atoms. The van der Waals surface area contributed by atoms with Crippen LogP contribution >= 0.6 is 11.6 Å². The van der Waals surface area contributed by atoms with Gasteiger partial charge < -0.3 is 9.30 Å². The second-order valence-electron chi connectivity index (χ2n) is 4.35. The van der Waals surface area contributed by atoms with E-state index in [1.165, 1.54) is 7.11 Å². The van der Waals surface area contributed by atoms with Crippen LogP contribution in [-0.2, 0) is 16.0 Å². The summed E-state index contributed by atoms with van der Waals surface area (Å²) in [6.07, 6.45) is 1.04. The molecule has 0 saturated carbocycles. The highest BCUT2D eigenvalue weighted by atomic mass is 35.5. The Kier molecular flexibility index (Phi) is 4.27. The van der Waals surface area contributed by atoms with Crippen molar-refractivity contribution in [1.82, 2.24) is 4.57 Å². The summed E-state index contributed by atoms with van der Waals surface area (Å²) in [6.45, 7) is 2.04. The van der Waals surface area contributed by atoms with Crippen molar-refractivity contribution in [2.45, 2.75) is 19.8 Å². The lowest BCUT2D eigenvalue weighted by Gasteiger charge is -2.11. The molecule has 1 aromatic carbocycles. The van der Waals surface area contributed by atoms with Crippen LogP contribution in [0.1, 0.15) is 17.8 Å². The fourth-order valence-corrected chi connectivity index (χ4v) is 2.21. The predicted molar refractivity (Wildman–Crippen MR) is 75.9 cm³/mol. The molecule has 0 saturated heterocycles. The molecule has 19 heavy (non-hydrogen) atoms. The van der Waals surface area contributed by atoms with Crippen molar-refractivity contribution in [3.63, 3.8) is 0 Å². The molecule has 0 aliphatic rings. The first kappa shape index (κ1) is 13.7. The Bertz CT molecular complexity index is 572. The van der Waals surface area contributed by atoms with Crippen LogP contribution in [0.5, 0.6) is 0 Å². The number of aromatic nitrogens is 1. The lowest BCUT2D eigenvalue weighted by molar-refractivity contribution is -0.140. The number of nitrogens with zero attached hydrogens (tertiary/aromatic N) is 1. The van der Waals surface area contributed by atoms with E-state index in [-0.39, 0.29) is 5.97 Å². The molecule has 1 aromatic heterocycles. The molecule has 0 radical (unpaired) electrons. The van der Waals surface area contributed by atoms with Crippen molar-refractivity contribution < 1.29 is 9.53 Å². The smallest absolute Gasteiger partial charge is 0.305 e. The summed E-state index contributed by atoms with van der Waals surface area (Å²) in [4.78, 5) is 11.2. The van der Waals surface area contributed by atoms with E-state index < -0.39 is 0 Å². The topological polar surface area (TPSA) is 31.2 Å². The maximum atomic E-state index is 11.2. The van der Waals surface area contributed by atoms with Gasteiger partial charge in [0.15, 0.2) is 0 Å². The third-order valence-corrected chi connectivity index (χ3v) is 3.31. The minimum absolute atomic E-state index is 0.193. The molecular formula is C15H16ClNO2. The van der Waals surface area contributed by atoms with Gasteiger partial charge in [-0.15, -0.1) is 0 Å². The van der Waals surface area contributed by atoms with Gasteiger partial charge in [0.1, 0.15) is 0 Å². The Labute approximate surface area is 117 Å². The Hall–Kier alpha value is -1.74. The molecule has 100 valence electrons. The Balaban J connectivity index is 2.27. The zero-order chi connectivity index (χ0) is 13.8. The third kappa shape index (κ3) is 3.18. The normalized spacial score (nSPS) is 10.5. The van der Waals surface area contributed by atoms with E-state index in [1.807, 2.05) is 43.3 Å². The van der Waals surface area contributed by atoms with E-state index in [4.69, 9.17) is 11.6 Å². The molecule has 0 unspecified atom stereocenters. The van der Waals surface area contributed by atoms with Gasteiger partial charge in [0.2, 0.25) is 0 Å². The lowest BCUT2D eigenvalue weighted by Crippen LogP contribution is -2.06. The van der Waals surface area contributed by atoms with Crippen LogP contribution in [0.15, 0.2) is 36.4 Å². The molecule has 0 aliphatic heterocycles. The van der Waals surface area contributed by atoms with Gasteiger partial charge in [0.05, 0.1) is 13.5 Å². The first-order valence-electron chi connectivity index (χ1n) is 6.12. The number of halogens is 1. The molecule has 0 atom stereocenters. The number of hydrogen-bond donors (Lipinski definition) is 0. The number of methoxy groups -OCH3 is 1. The molecule has 0 N–H and O–H groups in total. The van der Waals surface area contributed by atoms with Gasteiger partial charge in [0.25, 0.3) is 0 Å². The maximum Gasteiger partial charge on any atom is 0.305 e. The van der Waals surface area contributed by atoms with Crippen LogP contribution in [0.2, 0.25) is 5.02 Å². The monoisotopic (exact) mass is 277 g/mol. The number of rotatable bonds is 4. The summed E-state index contributed by atoms with van der Waals surface area (Å²) >= 11 is 5.90. The molecule has 0 aliphatic carbocycles. The van der Waals surface area contributed by atoms with Gasteiger partial charge in [0, 0.05) is 22.1 Å². The lowest BCUT2D eigenvalue weighted by atomic mass is 10.2. The number of carbonyl (C=O) groups is 1. The van der Waals surface area contributed by atoms with Crippen molar-refractivity contribution in [3.05, 3.63) is 52.8 Å². The van der Waals surface area contributed by atoms with Crippen LogP contribution in [0.25, 0.3) is 5.69 Å². The van der Waals surface area contributed by atoms with E-state index in [0.717, 1.165) is 17.1 Å². The first-order valence-corrected chi connectivity index (χ1v) is 6.49. The highest BCUT2D eigenvalue weighted by Gasteiger charge is 2.09. The molecule has 0 fully saturated rings. The molecule has 1 heterocycles. The van der Waals surface area contributed by atoms with E-state index >= 15 is 0 Å². The standard InChI is InChI=1S/C15H16ClNO2/c1-11-3-6-13(9-10-15(18)19-2)17(11)14-7-4-12(16)5-8-14/h3-8H,9-10H2,1-2H3. The van der Waals surface area contributed by atoms with Crippen molar-refractivity contribution >= 4 is 17.6 Å². The van der Waals surface area contributed by atoms with E-state index in [2.05, 4.69) is 9.30 Å². The highest BCUT2D eigenvalue weighted by molar-refractivity contribution is 6.30. The summed E-state index contributed by atoms with van der Waals surface area (Å²) in [5.41, 5.74) is 3.26. The highest BCUT2D eigenvalue weighted by Crippen LogP contribution is 2.20. The van der Waals surface area contributed by atoms with Gasteiger partial charge in [-0.3, -0.25) is 4.79 Å². The second kappa shape index (κ2) is 5.93. The zero-order valence-electron chi connectivity index (χ0n) is 11.0. The fourth-order valence-electron chi connectivity index (χ4n) is 2.08. The first-order chi connectivity index (χ1) is 9.11. The Morgan fingerprint density at radius 3 is 2.53 bits per heavy atom. The van der Waals surface area contributed by atoms with Gasteiger partial charge >= 0.3 is 5.97 Å². The SMILES string of the molecule is COC(=O)CCc1ccc(C)n1-c1ccc(Cl)cc1. The van der Waals surface area contributed by atoms with Gasteiger partial charge in [-0.2, -0.15) is 0 Å². The number of esters is 1. The zero-order valence-corrected chi connectivity index (χ0v) is 11.8. The van der Waals surface area contributed by atoms with E-state index in [0.29, 0.717) is 17.9 Å². The third-order valence-electron chi connectivity index (χ3n) is 3.05. The summed E-state index contributed by atoms with van der Waals surface area (Å²) in [6, 6.07) is 11.7. The number of carbonyl (C=O) groups excluding carboxylic acids is 1. The van der Waals surface area contributed by atoms with Crippen molar-refractivity contribution in [2.24, 2.45) is 0 Å². The number of benzene rings is 1. The van der Waals surface area contributed by atoms with Crippen molar-refractivity contribution in [2.75, 3.05) is 7.11 Å². The molecule has 0 amide bonds. The van der Waals surface area contributed by atoms with Crippen LogP contribution < -0.4 is 0 Å². The van der Waals surface area contributed by atoms with Gasteiger partial charge in [-0.05, 0) is 49.7 Å². The molecule has 2 rings (SSSR count). The van der Waals surface area contributed by atoms with Crippen LogP contribution in [0, 0.1) is 6.92 Å². The quantitative estimate of drug-likeness (QED) is 0.801. The summed E-state index contributed by atoms with van der Waals surface area (Å²) in [5.74, 6) is -0.193. The predicted octanol–water partition coefficient (Wildman–Crippen LogP) is 3.54. The van der Waals surface area contributed by atoms with Crippen LogP contribution in [0.3, 0.4) is 0 Å². The Morgan fingerprint density at radius 2 is 1.89 bits per heavy atom. The van der Waals surface area contributed by atoms with Gasteiger partial charge in [-0.1, -0.05) is 11.6 Å². The largest absolute Gasteiger partial charge is 0.469 e. The maximum absolute atomic E-state index is 11.2. The second-order valence-corrected chi connectivity index (χ2v) is 4.79. The minimum atomic E-state index is -0.193. The molecule has 3 nitrogen and oxygen atoms in total. The van der Waals surface area contributed by atoms with Gasteiger partial charge in [-0.25, -0.2) is 0 Å². The number of aryl methyl sites for hydroxylation is 2. The Morgan fingerprint density at radius 1 is 1.21 bits per heavy atom. The van der Waals surface area contributed by atoms with Crippen LogP contribution in [0.4, 0.5) is 0 Å². The van der Waals surface area contributed by atoms with Crippen molar-refractivity contribution in [1.29, 1.82) is 0 Å². The molecule has 2 aromatic rings.